The van der Waals surface area contributed by atoms with Gasteiger partial charge in [-0.05, 0) is 20.8 Å². The van der Waals surface area contributed by atoms with E-state index in [4.69, 9.17) is 4.74 Å². The van der Waals surface area contributed by atoms with E-state index in [1.165, 1.54) is 6.26 Å². The molecule has 0 saturated heterocycles. The molecule has 0 aliphatic rings. The van der Waals surface area contributed by atoms with Crippen LogP contribution in [0.2, 0.25) is 0 Å². The summed E-state index contributed by atoms with van der Waals surface area (Å²) in [6.45, 7) is 10.5. The van der Waals surface area contributed by atoms with Crippen LogP contribution in [-0.2, 0) is 4.74 Å². The second-order valence-electron chi connectivity index (χ2n) is 3.36. The van der Waals surface area contributed by atoms with Gasteiger partial charge in [-0.25, -0.2) is 0 Å². The molecule has 12 heavy (non-hydrogen) atoms. The lowest BCUT2D eigenvalue weighted by atomic mass is 10.1. The average molecular weight is 171 g/mol. The van der Waals surface area contributed by atoms with Crippen LogP contribution < -0.4 is 5.43 Å². The molecule has 1 N–H and O–H groups in total. The Labute approximate surface area is 73.7 Å². The van der Waals surface area contributed by atoms with E-state index in [2.05, 4.69) is 22.3 Å². The molecule has 0 aromatic heterocycles. The molecule has 0 amide bonds. The van der Waals surface area contributed by atoms with Crippen molar-refractivity contribution in [1.29, 1.82) is 0 Å². The fraction of sp³-hybridized carbons (Fsp3) is 0.750. The van der Waals surface area contributed by atoms with Gasteiger partial charge in [0, 0.05) is 5.54 Å². The van der Waals surface area contributed by atoms with E-state index in [-0.39, 0.29) is 5.54 Å². The fourth-order valence-electron chi connectivity index (χ4n) is 0.412. The van der Waals surface area contributed by atoms with E-state index < -0.39 is 0 Å². The highest BCUT2D eigenvalue weighted by atomic mass is 16.5. The summed E-state index contributed by atoms with van der Waals surface area (Å²) in [7, 11) is 0. The Kier molecular flexibility index (Phi) is 5.08. The Hall–Kier alpha value is -1.06. The maximum absolute atomic E-state index is 4.85. The van der Waals surface area contributed by atoms with Crippen molar-refractivity contribution < 1.29 is 4.74 Å². The van der Waals surface area contributed by atoms with E-state index in [0.29, 0.717) is 13.2 Å². The first kappa shape index (κ1) is 10.9. The van der Waals surface area contributed by atoms with Crippen LogP contribution in [0.1, 0.15) is 20.8 Å². The summed E-state index contributed by atoms with van der Waals surface area (Å²) in [5, 5.41) is 7.61. The Morgan fingerprint density at radius 3 is 2.67 bits per heavy atom. The normalized spacial score (nSPS) is 11.6. The summed E-state index contributed by atoms with van der Waals surface area (Å²) in [6, 6.07) is 0. The first-order chi connectivity index (χ1) is 5.56. The second-order valence-corrected chi connectivity index (χ2v) is 3.36. The minimum atomic E-state index is -0.0250. The van der Waals surface area contributed by atoms with Crippen LogP contribution in [0.3, 0.4) is 0 Å². The Bertz CT molecular complexity index is 149. The van der Waals surface area contributed by atoms with Crippen LogP contribution in [0.25, 0.3) is 0 Å². The molecule has 0 aliphatic carbocycles. The lowest BCUT2D eigenvalue weighted by Gasteiger charge is -2.15. The minimum absolute atomic E-state index is 0.0250. The number of hydrogen-bond acceptors (Lipinski definition) is 3. The zero-order valence-corrected chi connectivity index (χ0v) is 8.00. The van der Waals surface area contributed by atoms with Crippen LogP contribution in [0.5, 0.6) is 0 Å². The molecule has 0 radical (unpaired) electrons. The highest BCUT2D eigenvalue weighted by Gasteiger charge is 2.05. The standard InChI is InChI=1S/C8H17N3O/c1-5-12-7-6-9-11-10-8(2,3)4/h5H,1,6-7H2,2-4H3,(H,9,10). The SMILES string of the molecule is C=COCCN=NNC(C)(C)C. The van der Waals surface area contributed by atoms with Gasteiger partial charge in [-0.15, -0.1) is 0 Å². The molecule has 0 rings (SSSR count). The highest BCUT2D eigenvalue weighted by Crippen LogP contribution is 1.97. The molecule has 0 aromatic carbocycles. The topological polar surface area (TPSA) is 46.0 Å². The lowest BCUT2D eigenvalue weighted by Crippen LogP contribution is -2.30. The van der Waals surface area contributed by atoms with Gasteiger partial charge < -0.3 is 4.74 Å². The van der Waals surface area contributed by atoms with Crippen LogP contribution in [-0.4, -0.2) is 18.7 Å². The largest absolute Gasteiger partial charge is 0.500 e. The fourth-order valence-corrected chi connectivity index (χ4v) is 0.412. The van der Waals surface area contributed by atoms with Gasteiger partial charge in [0.05, 0.1) is 12.8 Å². The summed E-state index contributed by atoms with van der Waals surface area (Å²) in [5.74, 6) is 0. The Morgan fingerprint density at radius 1 is 1.50 bits per heavy atom. The van der Waals surface area contributed by atoms with E-state index in [1.807, 2.05) is 20.8 Å². The van der Waals surface area contributed by atoms with Crippen molar-refractivity contribution in [3.05, 3.63) is 12.8 Å². The molecular formula is C8H17N3O. The van der Waals surface area contributed by atoms with Gasteiger partial charge in [-0.2, -0.15) is 5.11 Å². The molecule has 70 valence electrons. The van der Waals surface area contributed by atoms with Crippen molar-refractivity contribution in [3.8, 4) is 0 Å². The summed E-state index contributed by atoms with van der Waals surface area (Å²) in [5.41, 5.74) is 2.85. The second kappa shape index (κ2) is 5.57. The smallest absolute Gasteiger partial charge is 0.109 e. The molecule has 4 nitrogen and oxygen atoms in total. The number of rotatable bonds is 5. The quantitative estimate of drug-likeness (QED) is 0.297. The predicted molar refractivity (Wildman–Crippen MR) is 48.8 cm³/mol. The summed E-state index contributed by atoms with van der Waals surface area (Å²) >= 11 is 0. The maximum atomic E-state index is 4.85. The number of nitrogens with one attached hydrogen (secondary N) is 1. The van der Waals surface area contributed by atoms with Crippen molar-refractivity contribution in [3.63, 3.8) is 0 Å². The van der Waals surface area contributed by atoms with E-state index in [0.717, 1.165) is 0 Å². The Morgan fingerprint density at radius 2 is 2.17 bits per heavy atom. The minimum Gasteiger partial charge on any atom is -0.500 e. The molecule has 0 heterocycles. The van der Waals surface area contributed by atoms with Gasteiger partial charge in [-0.3, -0.25) is 5.43 Å². The first-order valence-electron chi connectivity index (χ1n) is 3.92. The molecule has 0 aliphatic heterocycles. The highest BCUT2D eigenvalue weighted by molar-refractivity contribution is 4.65. The number of ether oxygens (including phenoxy) is 1. The van der Waals surface area contributed by atoms with E-state index in [9.17, 15) is 0 Å². The zero-order valence-electron chi connectivity index (χ0n) is 8.00. The molecule has 0 aromatic rings. The van der Waals surface area contributed by atoms with Crippen LogP contribution in [0.15, 0.2) is 23.2 Å². The zero-order chi connectivity index (χ0) is 9.45. The van der Waals surface area contributed by atoms with E-state index in [1.54, 1.807) is 0 Å². The molecule has 0 saturated carbocycles. The predicted octanol–water partition coefficient (Wildman–Crippen LogP) is 1.90. The third-order valence-electron chi connectivity index (χ3n) is 0.883. The van der Waals surface area contributed by atoms with Crippen LogP contribution in [0.4, 0.5) is 0 Å². The van der Waals surface area contributed by atoms with Crippen molar-refractivity contribution in [2.75, 3.05) is 13.2 Å². The molecular weight excluding hydrogens is 154 g/mol. The molecule has 4 heteroatoms. The summed E-state index contributed by atoms with van der Waals surface area (Å²) in [6.07, 6.45) is 1.40. The number of hydrogen-bond donors (Lipinski definition) is 1. The summed E-state index contributed by atoms with van der Waals surface area (Å²) in [4.78, 5) is 0. The van der Waals surface area contributed by atoms with Crippen molar-refractivity contribution in [1.82, 2.24) is 5.43 Å². The van der Waals surface area contributed by atoms with Gasteiger partial charge >= 0.3 is 0 Å². The van der Waals surface area contributed by atoms with Gasteiger partial charge in [-0.1, -0.05) is 11.8 Å². The third-order valence-corrected chi connectivity index (χ3v) is 0.883. The van der Waals surface area contributed by atoms with E-state index >= 15 is 0 Å². The molecule has 0 atom stereocenters. The third kappa shape index (κ3) is 8.94. The number of nitrogens with zero attached hydrogens (tertiary/aromatic N) is 2. The van der Waals surface area contributed by atoms with Crippen LogP contribution in [0, 0.1) is 0 Å². The van der Waals surface area contributed by atoms with Gasteiger partial charge in [0.15, 0.2) is 0 Å². The molecule has 0 bridgehead atoms. The molecule has 0 spiro atoms. The molecule has 0 unspecified atom stereocenters. The van der Waals surface area contributed by atoms with Gasteiger partial charge in [0.1, 0.15) is 6.61 Å². The Balaban J connectivity index is 3.31. The van der Waals surface area contributed by atoms with Gasteiger partial charge in [0.25, 0.3) is 0 Å². The van der Waals surface area contributed by atoms with Crippen molar-refractivity contribution >= 4 is 0 Å². The van der Waals surface area contributed by atoms with Crippen molar-refractivity contribution in [2.45, 2.75) is 26.3 Å². The molecule has 0 fully saturated rings. The summed E-state index contributed by atoms with van der Waals surface area (Å²) < 4.78 is 4.85. The maximum Gasteiger partial charge on any atom is 0.109 e. The van der Waals surface area contributed by atoms with Crippen LogP contribution >= 0.6 is 0 Å². The monoisotopic (exact) mass is 171 g/mol. The lowest BCUT2D eigenvalue weighted by molar-refractivity contribution is 0.257. The average Bonchev–Trinajstić information content (AvgIpc) is 1.94. The first-order valence-corrected chi connectivity index (χ1v) is 3.92. The van der Waals surface area contributed by atoms with Crippen molar-refractivity contribution in [2.24, 2.45) is 10.3 Å². The van der Waals surface area contributed by atoms with Gasteiger partial charge in [0.2, 0.25) is 0 Å².